The average molecular weight is 347 g/mol. The molecule has 3 aromatic rings. The van der Waals surface area contributed by atoms with E-state index in [1.54, 1.807) is 17.4 Å². The molecule has 0 atom stereocenters. The molecule has 5 heteroatoms. The number of nitrogens with one attached hydrogen (secondary N) is 1. The van der Waals surface area contributed by atoms with Crippen molar-refractivity contribution in [2.24, 2.45) is 0 Å². The second kappa shape index (κ2) is 5.73. The Kier molecular flexibility index (Phi) is 3.80. The average Bonchev–Trinajstić information content (AvgIpc) is 2.90. The van der Waals surface area contributed by atoms with Crippen molar-refractivity contribution in [2.75, 3.05) is 0 Å². The minimum Gasteiger partial charge on any atom is -0.346 e. The maximum atomic E-state index is 12.1. The number of rotatable bonds is 3. The Bertz CT molecular complexity index is 769. The van der Waals surface area contributed by atoms with E-state index in [2.05, 4.69) is 26.2 Å². The van der Waals surface area contributed by atoms with Gasteiger partial charge in [-0.3, -0.25) is 4.79 Å². The van der Waals surface area contributed by atoms with Gasteiger partial charge in [0.05, 0.1) is 15.8 Å². The molecule has 1 N–H and O–H groups in total. The van der Waals surface area contributed by atoms with Crippen molar-refractivity contribution >= 4 is 44.1 Å². The molecular weight excluding hydrogens is 336 g/mol. The first-order chi connectivity index (χ1) is 9.72. The number of carbonyl (C=O) groups is 1. The smallest absolute Gasteiger partial charge is 0.270 e. The van der Waals surface area contributed by atoms with Crippen LogP contribution in [0.5, 0.6) is 0 Å². The van der Waals surface area contributed by atoms with Gasteiger partial charge in [0, 0.05) is 10.3 Å². The van der Waals surface area contributed by atoms with Crippen LogP contribution in [0.15, 0.2) is 52.3 Å². The molecule has 20 heavy (non-hydrogen) atoms. The summed E-state index contributed by atoms with van der Waals surface area (Å²) in [5, 5.41) is 3.91. The Morgan fingerprint density at radius 1 is 1.15 bits per heavy atom. The fourth-order valence-electron chi connectivity index (χ4n) is 1.90. The zero-order chi connectivity index (χ0) is 13.9. The van der Waals surface area contributed by atoms with E-state index >= 15 is 0 Å². The third-order valence-electron chi connectivity index (χ3n) is 2.88. The molecule has 3 nitrogen and oxygen atoms in total. The minimum absolute atomic E-state index is 0.153. The van der Waals surface area contributed by atoms with Gasteiger partial charge in [-0.1, -0.05) is 24.3 Å². The number of nitrogens with zero attached hydrogens (tertiary/aromatic N) is 1. The molecule has 0 unspecified atom stereocenters. The van der Waals surface area contributed by atoms with Crippen molar-refractivity contribution in [3.8, 4) is 0 Å². The number of hydrogen-bond acceptors (Lipinski definition) is 3. The largest absolute Gasteiger partial charge is 0.346 e. The topological polar surface area (TPSA) is 42.0 Å². The van der Waals surface area contributed by atoms with Gasteiger partial charge in [-0.05, 0) is 40.2 Å². The number of halogens is 1. The molecule has 0 aliphatic rings. The highest BCUT2D eigenvalue weighted by Crippen LogP contribution is 2.21. The van der Waals surface area contributed by atoms with E-state index in [0.717, 1.165) is 19.6 Å². The van der Waals surface area contributed by atoms with Crippen LogP contribution < -0.4 is 5.32 Å². The van der Waals surface area contributed by atoms with Gasteiger partial charge in [0.2, 0.25) is 0 Å². The molecule has 1 amide bonds. The van der Waals surface area contributed by atoms with Crippen LogP contribution in [0.1, 0.15) is 15.4 Å². The molecule has 0 spiro atoms. The number of thiophene rings is 1. The van der Waals surface area contributed by atoms with Gasteiger partial charge in [0.1, 0.15) is 5.69 Å². The van der Waals surface area contributed by atoms with Crippen molar-refractivity contribution in [2.45, 2.75) is 6.54 Å². The molecule has 0 radical (unpaired) electrons. The zero-order valence-corrected chi connectivity index (χ0v) is 12.9. The van der Waals surface area contributed by atoms with E-state index in [1.807, 2.05) is 42.5 Å². The first-order valence-electron chi connectivity index (χ1n) is 6.10. The number of aromatic nitrogens is 1. The van der Waals surface area contributed by atoms with Crippen LogP contribution in [0.4, 0.5) is 0 Å². The Labute approximate surface area is 128 Å². The predicted molar refractivity (Wildman–Crippen MR) is 84.9 cm³/mol. The molecule has 3 rings (SSSR count). The summed E-state index contributed by atoms with van der Waals surface area (Å²) in [4.78, 5) is 17.6. The summed E-state index contributed by atoms with van der Waals surface area (Å²) in [6, 6.07) is 15.4. The molecule has 0 fully saturated rings. The SMILES string of the molecule is O=C(NCc1ccc(Br)s1)c1ccc2ccccc2n1. The summed E-state index contributed by atoms with van der Waals surface area (Å²) in [7, 11) is 0. The first-order valence-corrected chi connectivity index (χ1v) is 7.71. The summed E-state index contributed by atoms with van der Waals surface area (Å²) in [6.45, 7) is 0.517. The third-order valence-corrected chi connectivity index (χ3v) is 4.51. The summed E-state index contributed by atoms with van der Waals surface area (Å²) < 4.78 is 1.06. The van der Waals surface area contributed by atoms with Crippen LogP contribution >= 0.6 is 27.3 Å². The highest BCUT2D eigenvalue weighted by atomic mass is 79.9. The molecule has 0 aliphatic carbocycles. The van der Waals surface area contributed by atoms with E-state index in [1.165, 1.54) is 0 Å². The Balaban J connectivity index is 1.75. The van der Waals surface area contributed by atoms with Crippen LogP contribution in [-0.4, -0.2) is 10.9 Å². The zero-order valence-electron chi connectivity index (χ0n) is 10.5. The maximum Gasteiger partial charge on any atom is 0.270 e. The normalized spacial score (nSPS) is 10.7. The highest BCUT2D eigenvalue weighted by Gasteiger charge is 2.08. The number of amides is 1. The summed E-state index contributed by atoms with van der Waals surface area (Å²) >= 11 is 5.01. The number of pyridine rings is 1. The summed E-state index contributed by atoms with van der Waals surface area (Å²) in [5.74, 6) is -0.153. The number of carbonyl (C=O) groups excluding carboxylic acids is 1. The van der Waals surface area contributed by atoms with E-state index in [0.29, 0.717) is 12.2 Å². The van der Waals surface area contributed by atoms with Gasteiger partial charge < -0.3 is 5.32 Å². The molecular formula is C15H11BrN2OS. The summed E-state index contributed by atoms with van der Waals surface area (Å²) in [6.07, 6.45) is 0. The molecule has 0 saturated carbocycles. The first kappa shape index (κ1) is 13.3. The van der Waals surface area contributed by atoms with E-state index in [4.69, 9.17) is 0 Å². The number of benzene rings is 1. The van der Waals surface area contributed by atoms with Crippen LogP contribution in [-0.2, 0) is 6.54 Å². The lowest BCUT2D eigenvalue weighted by Crippen LogP contribution is -2.23. The third kappa shape index (κ3) is 2.89. The molecule has 0 aliphatic heterocycles. The van der Waals surface area contributed by atoms with Crippen LogP contribution in [0.2, 0.25) is 0 Å². The van der Waals surface area contributed by atoms with Crippen molar-refractivity contribution in [1.29, 1.82) is 0 Å². The number of para-hydroxylation sites is 1. The van der Waals surface area contributed by atoms with E-state index in [-0.39, 0.29) is 5.91 Å². The van der Waals surface area contributed by atoms with Crippen molar-refractivity contribution in [3.63, 3.8) is 0 Å². The number of hydrogen-bond donors (Lipinski definition) is 1. The number of fused-ring (bicyclic) bond motifs is 1. The molecule has 100 valence electrons. The van der Waals surface area contributed by atoms with Crippen molar-refractivity contribution in [1.82, 2.24) is 10.3 Å². The molecule has 2 heterocycles. The fraction of sp³-hybridized carbons (Fsp3) is 0.0667. The van der Waals surface area contributed by atoms with E-state index < -0.39 is 0 Å². The molecule has 0 saturated heterocycles. The standard InChI is InChI=1S/C15H11BrN2OS/c16-14-8-6-11(20-14)9-17-15(19)13-7-5-10-3-1-2-4-12(10)18-13/h1-8H,9H2,(H,17,19). The molecule has 1 aromatic carbocycles. The maximum absolute atomic E-state index is 12.1. The quantitative estimate of drug-likeness (QED) is 0.778. The fourth-order valence-corrected chi connectivity index (χ4v) is 3.32. The van der Waals surface area contributed by atoms with Gasteiger partial charge in [-0.25, -0.2) is 4.98 Å². The lowest BCUT2D eigenvalue weighted by molar-refractivity contribution is 0.0946. The summed E-state index contributed by atoms with van der Waals surface area (Å²) in [5.41, 5.74) is 1.28. The van der Waals surface area contributed by atoms with Crippen molar-refractivity contribution in [3.05, 3.63) is 62.9 Å². The minimum atomic E-state index is -0.153. The van der Waals surface area contributed by atoms with Crippen LogP contribution in [0.25, 0.3) is 10.9 Å². The van der Waals surface area contributed by atoms with Gasteiger partial charge >= 0.3 is 0 Å². The second-order valence-electron chi connectivity index (χ2n) is 4.28. The Morgan fingerprint density at radius 2 is 2.00 bits per heavy atom. The van der Waals surface area contributed by atoms with Gasteiger partial charge in [0.25, 0.3) is 5.91 Å². The highest BCUT2D eigenvalue weighted by molar-refractivity contribution is 9.11. The molecule has 0 bridgehead atoms. The van der Waals surface area contributed by atoms with Crippen LogP contribution in [0.3, 0.4) is 0 Å². The second-order valence-corrected chi connectivity index (χ2v) is 6.83. The van der Waals surface area contributed by atoms with Crippen LogP contribution in [0, 0.1) is 0 Å². The van der Waals surface area contributed by atoms with Gasteiger partial charge in [-0.2, -0.15) is 0 Å². The molecule has 2 aromatic heterocycles. The van der Waals surface area contributed by atoms with Crippen molar-refractivity contribution < 1.29 is 4.79 Å². The van der Waals surface area contributed by atoms with Gasteiger partial charge in [-0.15, -0.1) is 11.3 Å². The predicted octanol–water partition coefficient (Wildman–Crippen LogP) is 3.99. The van der Waals surface area contributed by atoms with E-state index in [9.17, 15) is 4.79 Å². The Hall–Kier alpha value is -1.72. The van der Waals surface area contributed by atoms with Gasteiger partial charge in [0.15, 0.2) is 0 Å². The Morgan fingerprint density at radius 3 is 2.80 bits per heavy atom. The monoisotopic (exact) mass is 346 g/mol. The lowest BCUT2D eigenvalue weighted by Gasteiger charge is -2.04. The lowest BCUT2D eigenvalue weighted by atomic mass is 10.2.